The van der Waals surface area contributed by atoms with E-state index in [9.17, 15) is 0 Å². The second-order valence-corrected chi connectivity index (χ2v) is 4.77. The van der Waals surface area contributed by atoms with Gasteiger partial charge in [-0.25, -0.2) is 4.98 Å². The van der Waals surface area contributed by atoms with Crippen LogP contribution in [0, 0.1) is 0 Å². The minimum atomic E-state index is 0.203. The van der Waals surface area contributed by atoms with Crippen molar-refractivity contribution in [1.29, 1.82) is 0 Å². The molecule has 5 nitrogen and oxygen atoms in total. The predicted molar refractivity (Wildman–Crippen MR) is 75.6 cm³/mol. The van der Waals surface area contributed by atoms with Crippen LogP contribution in [0.25, 0.3) is 0 Å². The molecule has 2 rings (SSSR count). The van der Waals surface area contributed by atoms with Crippen LogP contribution in [0.1, 0.15) is 17.3 Å². The molecule has 2 aromatic heterocycles. The van der Waals surface area contributed by atoms with E-state index in [0.717, 1.165) is 18.7 Å². The summed E-state index contributed by atoms with van der Waals surface area (Å²) >= 11 is 0. The summed E-state index contributed by atoms with van der Waals surface area (Å²) in [5, 5.41) is 0. The highest BCUT2D eigenvalue weighted by molar-refractivity contribution is 5.11. The first-order valence-electron chi connectivity index (χ1n) is 6.47. The lowest BCUT2D eigenvalue weighted by Crippen LogP contribution is -2.33. The van der Waals surface area contributed by atoms with Crippen LogP contribution < -0.4 is 5.73 Å². The Hall–Kier alpha value is -1.72. The zero-order chi connectivity index (χ0) is 13.7. The number of nitrogens with zero attached hydrogens (tertiary/aromatic N) is 4. The first-order chi connectivity index (χ1) is 9.22. The van der Waals surface area contributed by atoms with E-state index >= 15 is 0 Å². The highest BCUT2D eigenvalue weighted by atomic mass is 15.2. The Morgan fingerprint density at radius 2 is 2.05 bits per heavy atom. The van der Waals surface area contributed by atoms with E-state index < -0.39 is 0 Å². The first kappa shape index (κ1) is 13.7. The summed E-state index contributed by atoms with van der Waals surface area (Å²) in [6.07, 6.45) is 8.36. The molecule has 0 aliphatic carbocycles. The van der Waals surface area contributed by atoms with Gasteiger partial charge in [0.1, 0.15) is 0 Å². The predicted octanol–water partition coefficient (Wildman–Crippen LogP) is 0.989. The van der Waals surface area contributed by atoms with E-state index in [1.165, 1.54) is 5.56 Å². The quantitative estimate of drug-likeness (QED) is 0.840. The SMILES string of the molecule is CN(CCc1ccncc1)C(CN)c1cncn1C. The van der Waals surface area contributed by atoms with Gasteiger partial charge in [-0.1, -0.05) is 0 Å². The topological polar surface area (TPSA) is 60.0 Å². The van der Waals surface area contributed by atoms with Crippen molar-refractivity contribution in [3.05, 3.63) is 48.3 Å². The molecule has 102 valence electrons. The fourth-order valence-electron chi connectivity index (χ4n) is 2.23. The zero-order valence-corrected chi connectivity index (χ0v) is 11.5. The second kappa shape index (κ2) is 6.45. The van der Waals surface area contributed by atoms with Crippen LogP contribution in [0.5, 0.6) is 0 Å². The van der Waals surface area contributed by atoms with E-state index in [2.05, 4.69) is 34.0 Å². The van der Waals surface area contributed by atoms with Gasteiger partial charge in [-0.2, -0.15) is 0 Å². The summed E-state index contributed by atoms with van der Waals surface area (Å²) in [5.74, 6) is 0. The smallest absolute Gasteiger partial charge is 0.0946 e. The van der Waals surface area contributed by atoms with Gasteiger partial charge in [0.15, 0.2) is 0 Å². The van der Waals surface area contributed by atoms with Crippen LogP contribution in [0.3, 0.4) is 0 Å². The summed E-state index contributed by atoms with van der Waals surface area (Å²) in [6.45, 7) is 1.55. The lowest BCUT2D eigenvalue weighted by Gasteiger charge is -2.27. The molecule has 0 saturated carbocycles. The molecule has 2 heterocycles. The summed E-state index contributed by atoms with van der Waals surface area (Å²) in [6, 6.07) is 4.31. The maximum absolute atomic E-state index is 5.91. The Morgan fingerprint density at radius 3 is 2.63 bits per heavy atom. The molecule has 1 atom stereocenters. The highest BCUT2D eigenvalue weighted by Crippen LogP contribution is 2.17. The van der Waals surface area contributed by atoms with Gasteiger partial charge in [-0.15, -0.1) is 0 Å². The van der Waals surface area contributed by atoms with E-state index in [1.807, 2.05) is 36.5 Å². The largest absolute Gasteiger partial charge is 0.336 e. The monoisotopic (exact) mass is 259 g/mol. The number of nitrogens with two attached hydrogens (primary N) is 1. The molecule has 2 N–H and O–H groups in total. The van der Waals surface area contributed by atoms with E-state index in [0.29, 0.717) is 6.54 Å². The van der Waals surface area contributed by atoms with Crippen LogP contribution in [0.2, 0.25) is 0 Å². The van der Waals surface area contributed by atoms with Crippen molar-refractivity contribution in [1.82, 2.24) is 19.4 Å². The van der Waals surface area contributed by atoms with Gasteiger partial charge in [-0.05, 0) is 31.2 Å². The number of likely N-dealkylation sites (N-methyl/N-ethyl adjacent to an activating group) is 1. The van der Waals surface area contributed by atoms with Crippen LogP contribution in [0.4, 0.5) is 0 Å². The molecule has 5 heteroatoms. The average molecular weight is 259 g/mol. The maximum Gasteiger partial charge on any atom is 0.0946 e. The van der Waals surface area contributed by atoms with Gasteiger partial charge in [-0.3, -0.25) is 9.88 Å². The maximum atomic E-state index is 5.91. The summed E-state index contributed by atoms with van der Waals surface area (Å²) in [5.41, 5.74) is 8.36. The molecule has 0 aromatic carbocycles. The Morgan fingerprint density at radius 1 is 1.32 bits per heavy atom. The normalized spacial score (nSPS) is 12.8. The minimum Gasteiger partial charge on any atom is -0.336 e. The molecule has 19 heavy (non-hydrogen) atoms. The molecule has 1 unspecified atom stereocenters. The van der Waals surface area contributed by atoms with Crippen molar-refractivity contribution in [2.45, 2.75) is 12.5 Å². The average Bonchev–Trinajstić information content (AvgIpc) is 2.85. The van der Waals surface area contributed by atoms with Gasteiger partial charge in [0, 0.05) is 38.7 Å². The number of rotatable bonds is 6. The standard InChI is InChI=1S/C14H21N5/c1-18(8-5-12-3-6-16-7-4-12)13(9-15)14-10-17-11-19(14)2/h3-4,6-7,10-11,13H,5,8-9,15H2,1-2H3. The molecule has 0 aliphatic rings. The Labute approximate surface area is 114 Å². The third kappa shape index (κ3) is 3.39. The Kier molecular flexibility index (Phi) is 4.65. The lowest BCUT2D eigenvalue weighted by molar-refractivity contribution is 0.245. The van der Waals surface area contributed by atoms with E-state index in [4.69, 9.17) is 5.73 Å². The van der Waals surface area contributed by atoms with E-state index in [-0.39, 0.29) is 6.04 Å². The fraction of sp³-hybridized carbons (Fsp3) is 0.429. The van der Waals surface area contributed by atoms with Crippen LogP contribution in [0.15, 0.2) is 37.1 Å². The number of pyridine rings is 1. The molecular weight excluding hydrogens is 238 g/mol. The van der Waals surface area contributed by atoms with Gasteiger partial charge < -0.3 is 10.3 Å². The molecule has 0 bridgehead atoms. The summed E-state index contributed by atoms with van der Waals surface area (Å²) < 4.78 is 2.03. The molecule has 0 radical (unpaired) electrons. The number of hydrogen-bond acceptors (Lipinski definition) is 4. The van der Waals surface area contributed by atoms with Gasteiger partial charge in [0.05, 0.1) is 18.1 Å². The van der Waals surface area contributed by atoms with Crippen LogP contribution >= 0.6 is 0 Å². The Balaban J connectivity index is 1.98. The van der Waals surface area contributed by atoms with Crippen molar-refractivity contribution in [2.75, 3.05) is 20.1 Å². The fourth-order valence-corrected chi connectivity index (χ4v) is 2.23. The van der Waals surface area contributed by atoms with E-state index in [1.54, 1.807) is 0 Å². The molecule has 2 aromatic rings. The van der Waals surface area contributed by atoms with Crippen molar-refractivity contribution in [3.63, 3.8) is 0 Å². The summed E-state index contributed by atoms with van der Waals surface area (Å²) in [4.78, 5) is 10.5. The van der Waals surface area contributed by atoms with Crippen LogP contribution in [-0.4, -0.2) is 39.6 Å². The molecular formula is C14H21N5. The van der Waals surface area contributed by atoms with Gasteiger partial charge >= 0.3 is 0 Å². The lowest BCUT2D eigenvalue weighted by atomic mass is 10.1. The van der Waals surface area contributed by atoms with Crippen molar-refractivity contribution < 1.29 is 0 Å². The molecule has 0 saturated heterocycles. The van der Waals surface area contributed by atoms with Crippen LogP contribution in [-0.2, 0) is 13.5 Å². The Bertz CT molecular complexity index is 494. The third-order valence-corrected chi connectivity index (χ3v) is 3.45. The number of hydrogen-bond donors (Lipinski definition) is 1. The minimum absolute atomic E-state index is 0.203. The zero-order valence-electron chi connectivity index (χ0n) is 11.5. The van der Waals surface area contributed by atoms with Crippen molar-refractivity contribution >= 4 is 0 Å². The van der Waals surface area contributed by atoms with Crippen molar-refractivity contribution in [3.8, 4) is 0 Å². The third-order valence-electron chi connectivity index (χ3n) is 3.45. The summed E-state index contributed by atoms with van der Waals surface area (Å²) in [7, 11) is 4.10. The second-order valence-electron chi connectivity index (χ2n) is 4.77. The molecule has 0 aliphatic heterocycles. The molecule has 0 spiro atoms. The molecule has 0 amide bonds. The highest BCUT2D eigenvalue weighted by Gasteiger charge is 2.17. The molecule has 0 fully saturated rings. The van der Waals surface area contributed by atoms with Crippen molar-refractivity contribution in [2.24, 2.45) is 12.8 Å². The number of aromatic nitrogens is 3. The first-order valence-corrected chi connectivity index (χ1v) is 6.47. The number of aryl methyl sites for hydroxylation is 1. The van der Waals surface area contributed by atoms with Gasteiger partial charge in [0.2, 0.25) is 0 Å². The van der Waals surface area contributed by atoms with Gasteiger partial charge in [0.25, 0.3) is 0 Å². The number of imidazole rings is 1.